The first-order valence-electron chi connectivity index (χ1n) is 10.2. The van der Waals surface area contributed by atoms with Crippen LogP contribution in [0.5, 0.6) is 11.5 Å². The van der Waals surface area contributed by atoms with Gasteiger partial charge in [0.05, 0.1) is 6.42 Å². The van der Waals surface area contributed by atoms with E-state index in [1.54, 1.807) is 0 Å². The molecule has 0 bridgehead atoms. The highest BCUT2D eigenvalue weighted by Gasteiger charge is 2.38. The summed E-state index contributed by atoms with van der Waals surface area (Å²) in [5.74, 6) is 2.05. The van der Waals surface area contributed by atoms with Crippen LogP contribution >= 0.6 is 0 Å². The number of hydrogen-bond donors (Lipinski definition) is 1. The van der Waals surface area contributed by atoms with E-state index in [1.807, 2.05) is 23.1 Å². The first-order chi connectivity index (χ1) is 14.6. The average molecular weight is 419 g/mol. The number of alkyl halides is 2. The number of benzene rings is 1. The molecule has 160 valence electrons. The van der Waals surface area contributed by atoms with Crippen molar-refractivity contribution in [3.63, 3.8) is 0 Å². The van der Waals surface area contributed by atoms with E-state index in [0.717, 1.165) is 18.4 Å². The van der Waals surface area contributed by atoms with Crippen LogP contribution in [0.1, 0.15) is 30.9 Å². The Morgan fingerprint density at radius 1 is 1.23 bits per heavy atom. The summed E-state index contributed by atoms with van der Waals surface area (Å²) in [4.78, 5) is 18.7. The van der Waals surface area contributed by atoms with Gasteiger partial charge in [0.1, 0.15) is 12.4 Å². The number of likely N-dealkylation sites (tertiary alicyclic amines) is 1. The van der Waals surface area contributed by atoms with E-state index in [-0.39, 0.29) is 24.7 Å². The van der Waals surface area contributed by atoms with Crippen molar-refractivity contribution in [2.45, 2.75) is 44.2 Å². The molecule has 1 aromatic carbocycles. The van der Waals surface area contributed by atoms with E-state index < -0.39 is 12.5 Å². The Hall–Kier alpha value is -2.91. The van der Waals surface area contributed by atoms with Gasteiger partial charge in [0.25, 0.3) is 6.43 Å². The zero-order chi connectivity index (χ0) is 20.7. The first-order valence-corrected chi connectivity index (χ1v) is 10.2. The number of piperidine rings is 1. The molecule has 8 nitrogen and oxygen atoms in total. The van der Waals surface area contributed by atoms with Crippen molar-refractivity contribution >= 4 is 11.9 Å². The van der Waals surface area contributed by atoms with Crippen molar-refractivity contribution in [2.75, 3.05) is 25.2 Å². The number of halogens is 2. The fourth-order valence-corrected chi connectivity index (χ4v) is 4.59. The quantitative estimate of drug-likeness (QED) is 0.820. The largest absolute Gasteiger partial charge is 0.454 e. The van der Waals surface area contributed by atoms with Gasteiger partial charge in [-0.3, -0.25) is 4.79 Å². The van der Waals surface area contributed by atoms with Crippen LogP contribution in [0.2, 0.25) is 0 Å². The summed E-state index contributed by atoms with van der Waals surface area (Å²) in [6.07, 6.45) is 0.975. The van der Waals surface area contributed by atoms with E-state index in [9.17, 15) is 13.6 Å². The van der Waals surface area contributed by atoms with E-state index in [1.165, 1.54) is 11.0 Å². The van der Waals surface area contributed by atoms with E-state index in [4.69, 9.17) is 9.47 Å². The Bertz CT molecular complexity index is 929. The van der Waals surface area contributed by atoms with Gasteiger partial charge in [-0.1, -0.05) is 6.07 Å². The lowest BCUT2D eigenvalue weighted by molar-refractivity contribution is -0.131. The van der Waals surface area contributed by atoms with Crippen LogP contribution in [-0.2, 0) is 11.2 Å². The highest BCUT2D eigenvalue weighted by atomic mass is 19.3. The molecule has 0 aliphatic carbocycles. The summed E-state index contributed by atoms with van der Waals surface area (Å²) < 4.78 is 38.9. The lowest BCUT2D eigenvalue weighted by Crippen LogP contribution is -2.46. The van der Waals surface area contributed by atoms with Crippen molar-refractivity contribution in [1.82, 2.24) is 19.7 Å². The van der Waals surface area contributed by atoms with Crippen LogP contribution in [0.3, 0.4) is 0 Å². The monoisotopic (exact) mass is 419 g/mol. The fourth-order valence-electron chi connectivity index (χ4n) is 4.59. The Balaban J connectivity index is 1.18. The zero-order valence-electron chi connectivity index (χ0n) is 16.3. The van der Waals surface area contributed by atoms with Crippen LogP contribution < -0.4 is 14.8 Å². The van der Waals surface area contributed by atoms with Gasteiger partial charge in [-0.25, -0.2) is 13.5 Å². The normalized spacial score (nSPS) is 23.4. The number of rotatable bonds is 4. The molecular weight excluding hydrogens is 396 g/mol. The molecule has 0 saturated carbocycles. The highest BCUT2D eigenvalue weighted by molar-refractivity contribution is 5.79. The lowest BCUT2D eigenvalue weighted by atomic mass is 9.85. The SMILES string of the molecule is O=C(Cc1ccc2c(c1)OCO2)N1CCC([C@@H]2C[C@H](C(F)F)n3ncnc3N2)CC1. The van der Waals surface area contributed by atoms with Gasteiger partial charge in [-0.2, -0.15) is 10.1 Å². The van der Waals surface area contributed by atoms with Crippen LogP contribution in [0, 0.1) is 5.92 Å². The Morgan fingerprint density at radius 2 is 2.03 bits per heavy atom. The van der Waals surface area contributed by atoms with E-state index in [2.05, 4.69) is 15.4 Å². The van der Waals surface area contributed by atoms with E-state index in [0.29, 0.717) is 43.4 Å². The first kappa shape index (κ1) is 19.1. The van der Waals surface area contributed by atoms with Gasteiger partial charge < -0.3 is 19.7 Å². The molecule has 1 aromatic heterocycles. The number of carbonyl (C=O) groups is 1. The number of hydrogen-bond acceptors (Lipinski definition) is 6. The maximum Gasteiger partial charge on any atom is 0.260 e. The molecule has 1 saturated heterocycles. The molecule has 10 heteroatoms. The van der Waals surface area contributed by atoms with Crippen molar-refractivity contribution < 1.29 is 23.0 Å². The van der Waals surface area contributed by atoms with Gasteiger partial charge >= 0.3 is 0 Å². The number of ether oxygens (including phenoxy) is 2. The molecule has 0 spiro atoms. The molecule has 0 unspecified atom stereocenters. The lowest BCUT2D eigenvalue weighted by Gasteiger charge is -2.40. The smallest absolute Gasteiger partial charge is 0.260 e. The number of aromatic nitrogens is 3. The molecule has 30 heavy (non-hydrogen) atoms. The molecule has 3 aliphatic rings. The Morgan fingerprint density at radius 3 is 2.83 bits per heavy atom. The topological polar surface area (TPSA) is 81.5 Å². The minimum absolute atomic E-state index is 0.0640. The average Bonchev–Trinajstić information content (AvgIpc) is 3.41. The molecule has 1 fully saturated rings. The number of anilines is 1. The molecule has 4 heterocycles. The number of amides is 1. The standard InChI is InChI=1S/C20H23F2N5O3/c21-19(22)15-9-14(25-20-23-10-24-27(15)20)13-3-5-26(6-4-13)18(28)8-12-1-2-16-17(7-12)30-11-29-16/h1-2,7,10,13-15,19H,3-6,8-9,11H2,(H,23,24,25)/t14-,15+/m0/s1. The molecule has 3 aliphatic heterocycles. The highest BCUT2D eigenvalue weighted by Crippen LogP contribution is 2.36. The summed E-state index contributed by atoms with van der Waals surface area (Å²) >= 11 is 0. The predicted octanol–water partition coefficient (Wildman–Crippen LogP) is 2.48. The molecule has 2 atom stereocenters. The summed E-state index contributed by atoms with van der Waals surface area (Å²) in [6.45, 7) is 1.45. The summed E-state index contributed by atoms with van der Waals surface area (Å²) in [5.41, 5.74) is 0.888. The van der Waals surface area contributed by atoms with Crippen LogP contribution in [-0.4, -0.2) is 57.9 Å². The number of nitrogens with one attached hydrogen (secondary N) is 1. The van der Waals surface area contributed by atoms with E-state index >= 15 is 0 Å². The zero-order valence-corrected chi connectivity index (χ0v) is 16.3. The second-order valence-corrected chi connectivity index (χ2v) is 8.00. The molecule has 0 radical (unpaired) electrons. The van der Waals surface area contributed by atoms with Crippen molar-refractivity contribution in [3.8, 4) is 11.5 Å². The summed E-state index contributed by atoms with van der Waals surface area (Å²) in [5, 5.41) is 7.20. The molecular formula is C20H23F2N5O3. The van der Waals surface area contributed by atoms with Crippen molar-refractivity contribution in [1.29, 1.82) is 0 Å². The van der Waals surface area contributed by atoms with Gasteiger partial charge in [-0.05, 0) is 42.9 Å². The Labute approximate surface area is 172 Å². The third-order valence-electron chi connectivity index (χ3n) is 6.24. The van der Waals surface area contributed by atoms with Gasteiger partial charge in [0.2, 0.25) is 18.6 Å². The second-order valence-electron chi connectivity index (χ2n) is 8.00. The second kappa shape index (κ2) is 7.73. The molecule has 1 N–H and O–H groups in total. The molecule has 1 amide bonds. The van der Waals surface area contributed by atoms with Gasteiger partial charge in [-0.15, -0.1) is 0 Å². The van der Waals surface area contributed by atoms with Gasteiger partial charge in [0, 0.05) is 19.1 Å². The Kier molecular flexibility index (Phi) is 4.92. The van der Waals surface area contributed by atoms with Crippen molar-refractivity contribution in [3.05, 3.63) is 30.1 Å². The van der Waals surface area contributed by atoms with Crippen LogP contribution in [0.4, 0.5) is 14.7 Å². The number of nitrogens with zero attached hydrogens (tertiary/aromatic N) is 4. The maximum atomic E-state index is 13.5. The predicted molar refractivity (Wildman–Crippen MR) is 103 cm³/mol. The fraction of sp³-hybridized carbons (Fsp3) is 0.550. The third-order valence-corrected chi connectivity index (χ3v) is 6.24. The minimum Gasteiger partial charge on any atom is -0.454 e. The summed E-state index contributed by atoms with van der Waals surface area (Å²) in [6, 6.07) is 4.50. The summed E-state index contributed by atoms with van der Waals surface area (Å²) in [7, 11) is 0. The van der Waals surface area contributed by atoms with Crippen molar-refractivity contribution in [2.24, 2.45) is 5.92 Å². The molecule has 2 aromatic rings. The van der Waals surface area contributed by atoms with Gasteiger partial charge in [0.15, 0.2) is 11.5 Å². The molecule has 5 rings (SSSR count). The van der Waals surface area contributed by atoms with Crippen LogP contribution in [0.15, 0.2) is 24.5 Å². The van der Waals surface area contributed by atoms with Crippen LogP contribution in [0.25, 0.3) is 0 Å². The third kappa shape index (κ3) is 3.54. The number of carbonyl (C=O) groups excluding carboxylic acids is 1. The maximum absolute atomic E-state index is 13.5. The minimum atomic E-state index is -2.49. The number of fused-ring (bicyclic) bond motifs is 2.